The molecule has 5 N–H and O–H groups in total. The van der Waals surface area contributed by atoms with Crippen LogP contribution in [0.15, 0.2) is 24.3 Å². The molecule has 3 atom stereocenters. The quantitative estimate of drug-likeness (QED) is 0.215. The third-order valence-electron chi connectivity index (χ3n) is 6.04. The van der Waals surface area contributed by atoms with Crippen LogP contribution < -0.4 is 16.1 Å². The maximum absolute atomic E-state index is 12.6. The molecule has 0 aromatic heterocycles. The molecule has 0 bridgehead atoms. The Labute approximate surface area is 200 Å². The standard InChI is InChI=1S/C23H37ClN4O5/c1-28(22(29)26-15-21(27-32)13-17-5-4-12-33-16-17)11-9-18(7-3-10-25-23(30)31)19-6-2-8-20(24)14-19/h2,6,8,14,17-18,21,25,27,32H,3-5,7,9-13,15-16H2,1H3,(H,26,29)(H,30,31)/t17-,18?,21?/m1/s1. The van der Waals surface area contributed by atoms with Crippen LogP contribution in [0.25, 0.3) is 0 Å². The normalized spacial score (nSPS) is 17.7. The zero-order valence-electron chi connectivity index (χ0n) is 19.3. The Bertz CT molecular complexity index is 733. The van der Waals surface area contributed by atoms with E-state index in [-0.39, 0.29) is 18.0 Å². The number of hydrogen-bond acceptors (Lipinski definition) is 5. The van der Waals surface area contributed by atoms with Gasteiger partial charge in [-0.25, -0.2) is 15.1 Å². The maximum Gasteiger partial charge on any atom is 0.404 e. The number of carbonyl (C=O) groups excluding carboxylic acids is 1. The molecule has 9 nitrogen and oxygen atoms in total. The number of rotatable bonds is 13. The van der Waals surface area contributed by atoms with Gasteiger partial charge in [-0.1, -0.05) is 23.7 Å². The van der Waals surface area contributed by atoms with Crippen LogP contribution >= 0.6 is 11.6 Å². The van der Waals surface area contributed by atoms with Crippen molar-refractivity contribution in [2.75, 3.05) is 39.9 Å². The highest BCUT2D eigenvalue weighted by Crippen LogP contribution is 2.27. The molecule has 0 radical (unpaired) electrons. The van der Waals surface area contributed by atoms with Gasteiger partial charge in [-0.2, -0.15) is 0 Å². The van der Waals surface area contributed by atoms with Crippen LogP contribution in [-0.2, 0) is 4.74 Å². The summed E-state index contributed by atoms with van der Waals surface area (Å²) in [4.78, 5) is 24.9. The van der Waals surface area contributed by atoms with Crippen molar-refractivity contribution in [3.8, 4) is 0 Å². The average molecular weight is 485 g/mol. The first-order chi connectivity index (χ1) is 15.9. The van der Waals surface area contributed by atoms with Gasteiger partial charge in [0.25, 0.3) is 0 Å². The van der Waals surface area contributed by atoms with E-state index in [1.165, 1.54) is 0 Å². The van der Waals surface area contributed by atoms with Gasteiger partial charge in [0.05, 0.1) is 0 Å². The summed E-state index contributed by atoms with van der Waals surface area (Å²) in [5.41, 5.74) is 3.38. The van der Waals surface area contributed by atoms with E-state index in [1.54, 1.807) is 11.9 Å². The van der Waals surface area contributed by atoms with E-state index in [2.05, 4.69) is 16.1 Å². The summed E-state index contributed by atoms with van der Waals surface area (Å²) in [6, 6.07) is 7.22. The first kappa shape index (κ1) is 27.2. The second kappa shape index (κ2) is 15.0. The number of nitrogens with zero attached hydrogens (tertiary/aromatic N) is 1. The highest BCUT2D eigenvalue weighted by Gasteiger charge is 2.21. The lowest BCUT2D eigenvalue weighted by Gasteiger charge is -2.27. The highest BCUT2D eigenvalue weighted by molar-refractivity contribution is 6.30. The van der Waals surface area contributed by atoms with E-state index in [1.807, 2.05) is 24.3 Å². The van der Waals surface area contributed by atoms with Gasteiger partial charge >= 0.3 is 12.1 Å². The average Bonchev–Trinajstić information content (AvgIpc) is 2.81. The molecular formula is C23H37ClN4O5. The molecule has 33 heavy (non-hydrogen) atoms. The Hall–Kier alpha value is -2.07. The fourth-order valence-corrected chi connectivity index (χ4v) is 4.35. The van der Waals surface area contributed by atoms with Gasteiger partial charge in [-0.05, 0) is 68.1 Å². The van der Waals surface area contributed by atoms with Crippen molar-refractivity contribution < 1.29 is 24.6 Å². The van der Waals surface area contributed by atoms with Crippen molar-refractivity contribution in [1.82, 2.24) is 21.0 Å². The number of nitrogens with one attached hydrogen (secondary N) is 3. The Kier molecular flexibility index (Phi) is 12.3. The molecule has 1 aromatic rings. The molecule has 3 amide bonds. The molecule has 10 heteroatoms. The fourth-order valence-electron chi connectivity index (χ4n) is 4.16. The molecule has 1 aliphatic rings. The first-order valence-electron chi connectivity index (χ1n) is 11.6. The summed E-state index contributed by atoms with van der Waals surface area (Å²) in [5.74, 6) is 0.528. The monoisotopic (exact) mass is 484 g/mol. The van der Waals surface area contributed by atoms with E-state index in [9.17, 15) is 14.8 Å². The summed E-state index contributed by atoms with van der Waals surface area (Å²) in [7, 11) is 1.74. The van der Waals surface area contributed by atoms with Gasteiger partial charge in [0, 0.05) is 51.0 Å². The predicted molar refractivity (Wildman–Crippen MR) is 127 cm³/mol. The molecule has 2 unspecified atom stereocenters. The molecule has 1 heterocycles. The molecule has 0 saturated carbocycles. The van der Waals surface area contributed by atoms with Crippen molar-refractivity contribution in [2.45, 2.75) is 50.5 Å². The first-order valence-corrected chi connectivity index (χ1v) is 12.0. The minimum absolute atomic E-state index is 0.146. The topological polar surface area (TPSA) is 123 Å². The lowest BCUT2D eigenvalue weighted by molar-refractivity contribution is 0.0352. The number of halogens is 1. The second-order valence-electron chi connectivity index (χ2n) is 8.67. The SMILES string of the molecule is CN(CCC(CCCNC(=O)O)c1cccc(Cl)c1)C(=O)NCC(C[C@H]1CCCOC1)NO. The second-order valence-corrected chi connectivity index (χ2v) is 9.10. The van der Waals surface area contributed by atoms with Crippen molar-refractivity contribution in [3.63, 3.8) is 0 Å². The number of benzene rings is 1. The number of ether oxygens (including phenoxy) is 1. The number of carbonyl (C=O) groups is 2. The number of urea groups is 1. The predicted octanol–water partition coefficient (Wildman–Crippen LogP) is 3.67. The Morgan fingerprint density at radius 3 is 2.79 bits per heavy atom. The van der Waals surface area contributed by atoms with Crippen LogP contribution in [0.3, 0.4) is 0 Å². The van der Waals surface area contributed by atoms with E-state index in [0.29, 0.717) is 43.6 Å². The van der Waals surface area contributed by atoms with Crippen LogP contribution in [0.2, 0.25) is 5.02 Å². The van der Waals surface area contributed by atoms with Crippen LogP contribution in [0, 0.1) is 5.92 Å². The van der Waals surface area contributed by atoms with Crippen LogP contribution in [0.5, 0.6) is 0 Å². The van der Waals surface area contributed by atoms with Crippen molar-refractivity contribution in [2.24, 2.45) is 5.92 Å². The summed E-state index contributed by atoms with van der Waals surface area (Å²) >= 11 is 6.16. The van der Waals surface area contributed by atoms with Crippen LogP contribution in [0.4, 0.5) is 9.59 Å². The molecule has 1 aromatic carbocycles. The van der Waals surface area contributed by atoms with E-state index < -0.39 is 6.09 Å². The van der Waals surface area contributed by atoms with Crippen LogP contribution in [0.1, 0.15) is 50.0 Å². The maximum atomic E-state index is 12.6. The molecule has 2 rings (SSSR count). The van der Waals surface area contributed by atoms with Gasteiger partial charge in [-0.15, -0.1) is 0 Å². The molecule has 186 valence electrons. The Morgan fingerprint density at radius 2 is 2.12 bits per heavy atom. The largest absolute Gasteiger partial charge is 0.465 e. The van der Waals surface area contributed by atoms with Gasteiger partial charge in [-0.3, -0.25) is 0 Å². The molecule has 1 aliphatic heterocycles. The van der Waals surface area contributed by atoms with Crippen LogP contribution in [-0.4, -0.2) is 73.3 Å². The molecule has 0 aliphatic carbocycles. The summed E-state index contributed by atoms with van der Waals surface area (Å²) in [5, 5.41) is 24.2. The van der Waals surface area contributed by atoms with E-state index in [0.717, 1.165) is 44.3 Å². The van der Waals surface area contributed by atoms with E-state index in [4.69, 9.17) is 21.4 Å². The molecule has 0 spiro atoms. The fraction of sp³-hybridized carbons (Fsp3) is 0.652. The lowest BCUT2D eigenvalue weighted by Crippen LogP contribution is -2.45. The molecule has 1 fully saturated rings. The van der Waals surface area contributed by atoms with Crippen molar-refractivity contribution >= 4 is 23.7 Å². The third kappa shape index (κ3) is 10.6. The Balaban J connectivity index is 1.81. The number of hydroxylamine groups is 1. The molecule has 1 saturated heterocycles. The lowest BCUT2D eigenvalue weighted by atomic mass is 9.91. The van der Waals surface area contributed by atoms with Gasteiger partial charge < -0.3 is 30.6 Å². The molecular weight excluding hydrogens is 448 g/mol. The van der Waals surface area contributed by atoms with Gasteiger partial charge in [0.2, 0.25) is 0 Å². The number of carboxylic acid groups (broad SMARTS) is 1. The number of hydrogen-bond donors (Lipinski definition) is 5. The Morgan fingerprint density at radius 1 is 1.30 bits per heavy atom. The summed E-state index contributed by atoms with van der Waals surface area (Å²) in [6.07, 6.45) is 3.98. The smallest absolute Gasteiger partial charge is 0.404 e. The zero-order valence-corrected chi connectivity index (χ0v) is 20.0. The minimum atomic E-state index is -1.03. The van der Waals surface area contributed by atoms with Crippen molar-refractivity contribution in [3.05, 3.63) is 34.9 Å². The van der Waals surface area contributed by atoms with E-state index >= 15 is 0 Å². The third-order valence-corrected chi connectivity index (χ3v) is 6.28. The summed E-state index contributed by atoms with van der Waals surface area (Å²) in [6.45, 7) is 2.72. The highest BCUT2D eigenvalue weighted by atomic mass is 35.5. The van der Waals surface area contributed by atoms with Gasteiger partial charge in [0.1, 0.15) is 0 Å². The number of amides is 3. The minimum Gasteiger partial charge on any atom is -0.465 e. The summed E-state index contributed by atoms with van der Waals surface area (Å²) < 4.78 is 5.49. The van der Waals surface area contributed by atoms with Crippen molar-refractivity contribution in [1.29, 1.82) is 0 Å². The zero-order chi connectivity index (χ0) is 24.1. The van der Waals surface area contributed by atoms with Gasteiger partial charge in [0.15, 0.2) is 0 Å².